The van der Waals surface area contributed by atoms with Gasteiger partial charge in [-0.25, -0.2) is 14.8 Å². The van der Waals surface area contributed by atoms with Gasteiger partial charge in [0.15, 0.2) is 0 Å². The van der Waals surface area contributed by atoms with Crippen molar-refractivity contribution in [3.8, 4) is 0 Å². The summed E-state index contributed by atoms with van der Waals surface area (Å²) in [5, 5.41) is 3.00. The minimum Gasteiger partial charge on any atom is -0.353 e. The number of rotatable bonds is 3. The van der Waals surface area contributed by atoms with Crippen LogP contribution in [-0.2, 0) is 6.54 Å². The Morgan fingerprint density at radius 1 is 1.22 bits per heavy atom. The van der Waals surface area contributed by atoms with E-state index in [1.165, 1.54) is 9.75 Å². The highest BCUT2D eigenvalue weighted by atomic mass is 32.1. The lowest BCUT2D eigenvalue weighted by Crippen LogP contribution is -2.51. The van der Waals surface area contributed by atoms with E-state index < -0.39 is 0 Å². The van der Waals surface area contributed by atoms with Crippen LogP contribution in [0.25, 0.3) is 0 Å². The molecule has 1 saturated heterocycles. The van der Waals surface area contributed by atoms with Crippen LogP contribution >= 0.6 is 11.3 Å². The molecule has 1 fully saturated rings. The number of hydrogen-bond acceptors (Lipinski definition) is 5. The zero-order valence-corrected chi connectivity index (χ0v) is 14.3. The summed E-state index contributed by atoms with van der Waals surface area (Å²) in [6.45, 7) is 7.56. The van der Waals surface area contributed by atoms with Crippen LogP contribution in [0.4, 0.5) is 10.6 Å². The molecule has 0 atom stereocenters. The van der Waals surface area contributed by atoms with E-state index in [0.29, 0.717) is 19.6 Å². The fraction of sp³-hybridized carbons (Fsp3) is 0.438. The van der Waals surface area contributed by atoms with Crippen molar-refractivity contribution in [3.63, 3.8) is 0 Å². The lowest BCUT2D eigenvalue weighted by atomic mass is 10.3. The molecule has 1 aliphatic heterocycles. The molecular formula is C16H21N5OS. The van der Waals surface area contributed by atoms with Crippen LogP contribution in [0.5, 0.6) is 0 Å². The van der Waals surface area contributed by atoms with Crippen molar-refractivity contribution in [2.75, 3.05) is 31.1 Å². The van der Waals surface area contributed by atoms with Crippen molar-refractivity contribution < 1.29 is 4.79 Å². The molecular weight excluding hydrogens is 310 g/mol. The summed E-state index contributed by atoms with van der Waals surface area (Å²) < 4.78 is 0. The van der Waals surface area contributed by atoms with Gasteiger partial charge in [0.2, 0.25) is 0 Å². The summed E-state index contributed by atoms with van der Waals surface area (Å²) in [5.41, 5.74) is 0. The lowest BCUT2D eigenvalue weighted by Gasteiger charge is -2.35. The average molecular weight is 331 g/mol. The van der Waals surface area contributed by atoms with E-state index in [1.54, 1.807) is 17.5 Å². The van der Waals surface area contributed by atoms with E-state index in [0.717, 1.165) is 24.7 Å². The van der Waals surface area contributed by atoms with Crippen LogP contribution in [-0.4, -0.2) is 47.1 Å². The first-order valence-electron chi connectivity index (χ1n) is 7.74. The number of aromatic nitrogens is 2. The van der Waals surface area contributed by atoms with Gasteiger partial charge in [0, 0.05) is 42.1 Å². The van der Waals surface area contributed by atoms with Gasteiger partial charge in [-0.3, -0.25) is 0 Å². The normalized spacial score (nSPS) is 14.9. The first-order chi connectivity index (χ1) is 11.1. The van der Waals surface area contributed by atoms with Crippen molar-refractivity contribution in [2.45, 2.75) is 20.4 Å². The van der Waals surface area contributed by atoms with Crippen molar-refractivity contribution in [1.82, 2.24) is 20.2 Å². The van der Waals surface area contributed by atoms with Crippen molar-refractivity contribution in [2.24, 2.45) is 0 Å². The highest BCUT2D eigenvalue weighted by Crippen LogP contribution is 2.15. The number of urea groups is 1. The molecule has 1 aliphatic rings. The second kappa shape index (κ2) is 6.95. The van der Waals surface area contributed by atoms with Crippen LogP contribution in [0, 0.1) is 13.8 Å². The molecule has 0 radical (unpaired) electrons. The molecule has 3 heterocycles. The number of aryl methyl sites for hydroxylation is 2. The van der Waals surface area contributed by atoms with Gasteiger partial charge in [-0.2, -0.15) is 0 Å². The van der Waals surface area contributed by atoms with Crippen molar-refractivity contribution in [3.05, 3.63) is 40.0 Å². The maximum atomic E-state index is 12.3. The topological polar surface area (TPSA) is 61.4 Å². The standard InChI is InChI=1S/C16H21N5OS/c1-12-3-4-14(23-12)11-18-16(22)21-9-7-20(8-10-21)15-5-6-17-13(2)19-15/h3-6H,7-11H2,1-2H3,(H,18,22). The zero-order valence-electron chi connectivity index (χ0n) is 13.5. The van der Waals surface area contributed by atoms with E-state index >= 15 is 0 Å². The second-order valence-corrected chi connectivity index (χ2v) is 6.98. The SMILES string of the molecule is Cc1nccc(N2CCN(C(=O)NCc3ccc(C)s3)CC2)n1. The fourth-order valence-corrected chi connectivity index (χ4v) is 3.44. The number of thiophene rings is 1. The zero-order chi connectivity index (χ0) is 16.2. The molecule has 2 amide bonds. The van der Waals surface area contributed by atoms with E-state index in [1.807, 2.05) is 17.9 Å². The largest absolute Gasteiger partial charge is 0.353 e. The first-order valence-corrected chi connectivity index (χ1v) is 8.56. The van der Waals surface area contributed by atoms with Gasteiger partial charge < -0.3 is 15.1 Å². The smallest absolute Gasteiger partial charge is 0.317 e. The number of amides is 2. The number of anilines is 1. The molecule has 0 aliphatic carbocycles. The number of nitrogens with zero attached hydrogens (tertiary/aromatic N) is 4. The molecule has 0 saturated carbocycles. The Morgan fingerprint density at radius 2 is 2.00 bits per heavy atom. The Bertz CT molecular complexity index is 679. The molecule has 0 bridgehead atoms. The summed E-state index contributed by atoms with van der Waals surface area (Å²) in [7, 11) is 0. The Morgan fingerprint density at radius 3 is 2.65 bits per heavy atom. The summed E-state index contributed by atoms with van der Waals surface area (Å²) in [4.78, 5) is 27.3. The second-order valence-electron chi connectivity index (χ2n) is 5.61. The van der Waals surface area contributed by atoms with Crippen LogP contribution in [0.15, 0.2) is 24.4 Å². The van der Waals surface area contributed by atoms with Crippen LogP contribution in [0.3, 0.4) is 0 Å². The van der Waals surface area contributed by atoms with Gasteiger partial charge in [0.05, 0.1) is 6.54 Å². The van der Waals surface area contributed by atoms with Gasteiger partial charge in [0.25, 0.3) is 0 Å². The third-order valence-corrected chi connectivity index (χ3v) is 4.86. The van der Waals surface area contributed by atoms with Crippen LogP contribution in [0.2, 0.25) is 0 Å². The van der Waals surface area contributed by atoms with Crippen molar-refractivity contribution >= 4 is 23.2 Å². The van der Waals surface area contributed by atoms with Crippen molar-refractivity contribution in [1.29, 1.82) is 0 Å². The predicted molar refractivity (Wildman–Crippen MR) is 91.8 cm³/mol. The molecule has 122 valence electrons. The van der Waals surface area contributed by atoms with Gasteiger partial charge >= 0.3 is 6.03 Å². The third kappa shape index (κ3) is 3.98. The summed E-state index contributed by atoms with van der Waals surface area (Å²) in [6, 6.07) is 6.07. The number of carbonyl (C=O) groups is 1. The minimum absolute atomic E-state index is 0.00886. The summed E-state index contributed by atoms with van der Waals surface area (Å²) in [5.74, 6) is 1.71. The number of carbonyl (C=O) groups excluding carboxylic acids is 1. The minimum atomic E-state index is 0.00886. The highest BCUT2D eigenvalue weighted by Gasteiger charge is 2.21. The quantitative estimate of drug-likeness (QED) is 0.936. The van der Waals surface area contributed by atoms with Gasteiger partial charge in [-0.15, -0.1) is 11.3 Å². The first kappa shape index (κ1) is 15.7. The van der Waals surface area contributed by atoms with Crippen LogP contribution in [0.1, 0.15) is 15.6 Å². The average Bonchev–Trinajstić information content (AvgIpc) is 2.98. The monoisotopic (exact) mass is 331 g/mol. The molecule has 7 heteroatoms. The number of nitrogens with one attached hydrogen (secondary N) is 1. The van der Waals surface area contributed by atoms with Gasteiger partial charge in [-0.05, 0) is 32.0 Å². The Hall–Kier alpha value is -2.15. The van der Waals surface area contributed by atoms with E-state index in [4.69, 9.17) is 0 Å². The predicted octanol–water partition coefficient (Wildman–Crippen LogP) is 2.19. The summed E-state index contributed by atoms with van der Waals surface area (Å²) in [6.07, 6.45) is 1.78. The molecule has 23 heavy (non-hydrogen) atoms. The summed E-state index contributed by atoms with van der Waals surface area (Å²) >= 11 is 1.72. The molecule has 6 nitrogen and oxygen atoms in total. The molecule has 1 N–H and O–H groups in total. The van der Waals surface area contributed by atoms with E-state index in [2.05, 4.69) is 39.2 Å². The van der Waals surface area contributed by atoms with Crippen LogP contribution < -0.4 is 10.2 Å². The van der Waals surface area contributed by atoms with E-state index in [-0.39, 0.29) is 6.03 Å². The fourth-order valence-electron chi connectivity index (χ4n) is 2.61. The maximum Gasteiger partial charge on any atom is 0.317 e. The van der Waals surface area contributed by atoms with E-state index in [9.17, 15) is 4.79 Å². The maximum absolute atomic E-state index is 12.3. The van der Waals surface area contributed by atoms with Gasteiger partial charge in [0.1, 0.15) is 11.6 Å². The molecule has 2 aromatic rings. The molecule has 0 spiro atoms. The molecule has 3 rings (SSSR count). The molecule has 0 unspecified atom stereocenters. The number of piperazine rings is 1. The Labute approximate surface area is 140 Å². The third-order valence-electron chi connectivity index (χ3n) is 3.86. The Balaban J connectivity index is 1.49. The highest BCUT2D eigenvalue weighted by molar-refractivity contribution is 7.11. The molecule has 0 aromatic carbocycles. The Kier molecular flexibility index (Phi) is 4.76. The van der Waals surface area contributed by atoms with Gasteiger partial charge in [-0.1, -0.05) is 0 Å². The number of hydrogen-bond donors (Lipinski definition) is 1. The lowest BCUT2D eigenvalue weighted by molar-refractivity contribution is 0.194. The molecule has 2 aromatic heterocycles.